The maximum atomic E-state index is 13.3. The van der Waals surface area contributed by atoms with Gasteiger partial charge in [0, 0.05) is 24.7 Å². The number of nitrogens with two attached hydrogens (primary N) is 1. The van der Waals surface area contributed by atoms with Crippen molar-refractivity contribution in [1.29, 1.82) is 0 Å². The van der Waals surface area contributed by atoms with E-state index in [2.05, 4.69) is 5.32 Å². The second-order valence-corrected chi connectivity index (χ2v) is 3.53. The van der Waals surface area contributed by atoms with Gasteiger partial charge in [0.2, 0.25) is 5.82 Å². The van der Waals surface area contributed by atoms with Crippen LogP contribution in [0.15, 0.2) is 12.1 Å². The van der Waals surface area contributed by atoms with Crippen molar-refractivity contribution in [1.82, 2.24) is 0 Å². The average Bonchev–Trinajstić information content (AvgIpc) is 2.24. The smallest absolute Gasteiger partial charge is 0.327 e. The zero-order chi connectivity index (χ0) is 13.0. The van der Waals surface area contributed by atoms with Crippen molar-refractivity contribution in [3.63, 3.8) is 0 Å². The Balaban J connectivity index is 3.16. The molecule has 0 bridgehead atoms. The van der Waals surface area contributed by atoms with Crippen LogP contribution in [0, 0.1) is 21.7 Å². The molecule has 1 aromatic rings. The molecule has 0 aliphatic rings. The Bertz CT molecular complexity index is 422. The standard InChI is InChI=1S/C10H13F2N3O2/c1-2-7(5-13)14-9-4-6(11)3-8(12)10(9)15(16)17/h3-4,7,14H,2,5,13H2,1H3. The number of nitrogens with one attached hydrogen (secondary N) is 1. The van der Waals surface area contributed by atoms with Crippen LogP contribution in [0.2, 0.25) is 0 Å². The van der Waals surface area contributed by atoms with Crippen LogP contribution in [0.5, 0.6) is 0 Å². The molecule has 0 saturated carbocycles. The van der Waals surface area contributed by atoms with E-state index in [0.717, 1.165) is 6.07 Å². The molecule has 1 unspecified atom stereocenters. The van der Waals surface area contributed by atoms with E-state index in [1.807, 2.05) is 6.92 Å². The monoisotopic (exact) mass is 245 g/mol. The Morgan fingerprint density at radius 2 is 2.18 bits per heavy atom. The summed E-state index contributed by atoms with van der Waals surface area (Å²) < 4.78 is 26.3. The minimum atomic E-state index is -1.20. The Morgan fingerprint density at radius 3 is 2.65 bits per heavy atom. The predicted molar refractivity (Wildman–Crippen MR) is 59.8 cm³/mol. The number of anilines is 1. The molecular weight excluding hydrogens is 232 g/mol. The fraction of sp³-hybridized carbons (Fsp3) is 0.400. The summed E-state index contributed by atoms with van der Waals surface area (Å²) in [5, 5.41) is 13.3. The molecule has 0 heterocycles. The van der Waals surface area contributed by atoms with E-state index in [-0.39, 0.29) is 18.3 Å². The predicted octanol–water partition coefficient (Wildman–Crippen LogP) is 2.02. The van der Waals surface area contributed by atoms with Crippen LogP contribution in [0.3, 0.4) is 0 Å². The average molecular weight is 245 g/mol. The molecule has 17 heavy (non-hydrogen) atoms. The summed E-state index contributed by atoms with van der Waals surface area (Å²) in [5.74, 6) is -2.08. The fourth-order valence-electron chi connectivity index (χ4n) is 1.41. The fourth-order valence-corrected chi connectivity index (χ4v) is 1.41. The largest absolute Gasteiger partial charge is 0.375 e. The van der Waals surface area contributed by atoms with Crippen molar-refractivity contribution in [3.05, 3.63) is 33.9 Å². The summed E-state index contributed by atoms with van der Waals surface area (Å²) in [6, 6.07) is 1.10. The molecule has 0 spiro atoms. The number of nitro groups is 1. The van der Waals surface area contributed by atoms with Gasteiger partial charge in [0.15, 0.2) is 0 Å². The van der Waals surface area contributed by atoms with E-state index in [0.29, 0.717) is 12.5 Å². The van der Waals surface area contributed by atoms with Gasteiger partial charge in [-0.2, -0.15) is 4.39 Å². The maximum absolute atomic E-state index is 13.3. The van der Waals surface area contributed by atoms with E-state index in [9.17, 15) is 18.9 Å². The molecule has 0 aliphatic heterocycles. The summed E-state index contributed by atoms with van der Waals surface area (Å²) in [4.78, 5) is 9.80. The van der Waals surface area contributed by atoms with Crippen LogP contribution in [-0.2, 0) is 0 Å². The lowest BCUT2D eigenvalue weighted by atomic mass is 10.2. The van der Waals surface area contributed by atoms with Crippen molar-refractivity contribution in [3.8, 4) is 0 Å². The number of nitrogens with zero attached hydrogens (tertiary/aromatic N) is 1. The van der Waals surface area contributed by atoms with E-state index in [4.69, 9.17) is 5.73 Å². The van der Waals surface area contributed by atoms with Crippen LogP contribution in [0.25, 0.3) is 0 Å². The highest BCUT2D eigenvalue weighted by molar-refractivity contribution is 5.62. The Hall–Kier alpha value is -1.76. The number of benzene rings is 1. The molecule has 94 valence electrons. The second kappa shape index (κ2) is 5.53. The van der Waals surface area contributed by atoms with Crippen LogP contribution >= 0.6 is 0 Å². The minimum Gasteiger partial charge on any atom is -0.375 e. The number of hydrogen-bond donors (Lipinski definition) is 2. The van der Waals surface area contributed by atoms with Crippen LogP contribution in [0.1, 0.15) is 13.3 Å². The first kappa shape index (κ1) is 13.3. The van der Waals surface area contributed by atoms with Gasteiger partial charge in [-0.1, -0.05) is 6.92 Å². The molecule has 0 aliphatic carbocycles. The summed E-state index contributed by atoms with van der Waals surface area (Å²) in [7, 11) is 0. The topological polar surface area (TPSA) is 81.2 Å². The molecule has 0 saturated heterocycles. The second-order valence-electron chi connectivity index (χ2n) is 3.53. The zero-order valence-corrected chi connectivity index (χ0v) is 9.24. The summed E-state index contributed by atoms with van der Waals surface area (Å²) >= 11 is 0. The first-order chi connectivity index (χ1) is 7.99. The highest BCUT2D eigenvalue weighted by Crippen LogP contribution is 2.29. The zero-order valence-electron chi connectivity index (χ0n) is 9.24. The molecule has 3 N–H and O–H groups in total. The lowest BCUT2D eigenvalue weighted by Crippen LogP contribution is -2.28. The molecule has 0 amide bonds. The quantitative estimate of drug-likeness (QED) is 0.614. The molecule has 1 aromatic carbocycles. The number of rotatable bonds is 5. The summed E-state index contributed by atoms with van der Waals surface area (Å²) in [5.41, 5.74) is 4.46. The molecule has 1 rings (SSSR count). The first-order valence-corrected chi connectivity index (χ1v) is 5.09. The molecule has 1 atom stereocenters. The summed E-state index contributed by atoms with van der Waals surface area (Å²) in [6.07, 6.45) is 0.589. The van der Waals surface area contributed by atoms with Gasteiger partial charge in [-0.15, -0.1) is 0 Å². The molecule has 5 nitrogen and oxygen atoms in total. The highest BCUT2D eigenvalue weighted by atomic mass is 19.1. The minimum absolute atomic E-state index is 0.190. The van der Waals surface area contributed by atoms with Gasteiger partial charge in [-0.25, -0.2) is 4.39 Å². The summed E-state index contributed by atoms with van der Waals surface area (Å²) in [6.45, 7) is 2.03. The number of hydrogen-bond acceptors (Lipinski definition) is 4. The number of nitro benzene ring substituents is 1. The maximum Gasteiger partial charge on any atom is 0.327 e. The van der Waals surface area contributed by atoms with Crippen LogP contribution < -0.4 is 11.1 Å². The van der Waals surface area contributed by atoms with Crippen LogP contribution in [0.4, 0.5) is 20.2 Å². The lowest BCUT2D eigenvalue weighted by Gasteiger charge is -2.16. The SMILES string of the molecule is CCC(CN)Nc1cc(F)cc(F)c1[N+](=O)[O-]. The molecular formula is C10H13F2N3O2. The van der Waals surface area contributed by atoms with Crippen molar-refractivity contribution in [2.24, 2.45) is 5.73 Å². The molecule has 7 heteroatoms. The normalized spacial score (nSPS) is 12.2. The van der Waals surface area contributed by atoms with Gasteiger partial charge in [-0.05, 0) is 6.42 Å². The molecule has 0 aromatic heterocycles. The Morgan fingerprint density at radius 1 is 1.53 bits per heavy atom. The van der Waals surface area contributed by atoms with Gasteiger partial charge in [0.1, 0.15) is 11.5 Å². The van der Waals surface area contributed by atoms with Gasteiger partial charge in [-0.3, -0.25) is 10.1 Å². The van der Waals surface area contributed by atoms with Crippen molar-refractivity contribution < 1.29 is 13.7 Å². The number of halogens is 2. The van der Waals surface area contributed by atoms with E-state index < -0.39 is 22.2 Å². The van der Waals surface area contributed by atoms with E-state index in [1.165, 1.54) is 0 Å². The van der Waals surface area contributed by atoms with Crippen LogP contribution in [-0.4, -0.2) is 17.5 Å². The van der Waals surface area contributed by atoms with Gasteiger partial charge < -0.3 is 11.1 Å². The van der Waals surface area contributed by atoms with Crippen molar-refractivity contribution >= 4 is 11.4 Å². The van der Waals surface area contributed by atoms with E-state index in [1.54, 1.807) is 0 Å². The molecule has 0 radical (unpaired) electrons. The lowest BCUT2D eigenvalue weighted by molar-refractivity contribution is -0.386. The van der Waals surface area contributed by atoms with Gasteiger partial charge in [0.25, 0.3) is 0 Å². The third kappa shape index (κ3) is 3.10. The Labute approximate surface area is 96.8 Å². The van der Waals surface area contributed by atoms with Gasteiger partial charge in [0.05, 0.1) is 4.92 Å². The highest BCUT2D eigenvalue weighted by Gasteiger charge is 2.23. The molecule has 0 fully saturated rings. The van der Waals surface area contributed by atoms with Crippen molar-refractivity contribution in [2.75, 3.05) is 11.9 Å². The van der Waals surface area contributed by atoms with Gasteiger partial charge >= 0.3 is 5.69 Å². The third-order valence-electron chi connectivity index (χ3n) is 2.35. The third-order valence-corrected chi connectivity index (χ3v) is 2.35. The van der Waals surface area contributed by atoms with E-state index >= 15 is 0 Å². The van der Waals surface area contributed by atoms with Crippen molar-refractivity contribution in [2.45, 2.75) is 19.4 Å². The first-order valence-electron chi connectivity index (χ1n) is 5.09. The Kier molecular flexibility index (Phi) is 4.33.